The van der Waals surface area contributed by atoms with E-state index in [1.807, 2.05) is 13.8 Å². The molecule has 0 unspecified atom stereocenters. The molecule has 1 amide bonds. The van der Waals surface area contributed by atoms with Gasteiger partial charge in [0.1, 0.15) is 17.2 Å². The smallest absolute Gasteiger partial charge is 0.343 e. The fourth-order valence-corrected chi connectivity index (χ4v) is 3.31. The van der Waals surface area contributed by atoms with Gasteiger partial charge in [-0.25, -0.2) is 10.2 Å². The van der Waals surface area contributed by atoms with Crippen molar-refractivity contribution in [2.45, 2.75) is 26.7 Å². The Morgan fingerprint density at radius 3 is 2.00 bits per heavy atom. The number of ether oxygens (including phenoxy) is 3. The Labute approximate surface area is 213 Å². The van der Waals surface area contributed by atoms with E-state index in [-0.39, 0.29) is 5.91 Å². The summed E-state index contributed by atoms with van der Waals surface area (Å²) in [5, 5.41) is 4.03. The summed E-state index contributed by atoms with van der Waals surface area (Å²) in [6, 6.07) is 18.7. The summed E-state index contributed by atoms with van der Waals surface area (Å²) in [6.45, 7) is 5.28. The summed E-state index contributed by atoms with van der Waals surface area (Å²) in [5.74, 6) is 0.815. The van der Waals surface area contributed by atoms with Crippen molar-refractivity contribution in [3.05, 3.63) is 87.9 Å². The molecule has 0 aliphatic heterocycles. The van der Waals surface area contributed by atoms with Crippen LogP contribution < -0.4 is 19.6 Å². The van der Waals surface area contributed by atoms with Crippen LogP contribution in [0.4, 0.5) is 0 Å². The van der Waals surface area contributed by atoms with E-state index in [1.165, 1.54) is 6.21 Å². The molecule has 0 fully saturated rings. The molecule has 1 N–H and O–H groups in total. The molecule has 7 nitrogen and oxygen atoms in total. The highest BCUT2D eigenvalue weighted by Gasteiger charge is 2.12. The van der Waals surface area contributed by atoms with Gasteiger partial charge in [0, 0.05) is 15.6 Å². The zero-order valence-corrected chi connectivity index (χ0v) is 21.2. The van der Waals surface area contributed by atoms with Gasteiger partial charge in [0.25, 0.3) is 5.91 Å². The predicted molar refractivity (Wildman–Crippen MR) is 139 cm³/mol. The molecule has 0 spiro atoms. The van der Waals surface area contributed by atoms with Crippen molar-refractivity contribution >= 4 is 34.0 Å². The third kappa shape index (κ3) is 7.96. The van der Waals surface area contributed by atoms with Crippen LogP contribution in [-0.2, 0) is 0 Å². The van der Waals surface area contributed by atoms with Crippen LogP contribution >= 0.6 is 15.9 Å². The first-order valence-corrected chi connectivity index (χ1v) is 12.1. The van der Waals surface area contributed by atoms with Crippen LogP contribution in [0.5, 0.6) is 17.2 Å². The number of carbonyl (C=O) groups excluding carboxylic acids is 2. The van der Waals surface area contributed by atoms with Crippen LogP contribution in [0.3, 0.4) is 0 Å². The first-order valence-electron chi connectivity index (χ1n) is 11.3. The Hall–Kier alpha value is -3.65. The summed E-state index contributed by atoms with van der Waals surface area (Å²) in [4.78, 5) is 25.0. The molecule has 0 aliphatic carbocycles. The van der Waals surface area contributed by atoms with Crippen molar-refractivity contribution < 1.29 is 23.8 Å². The number of nitrogens with zero attached hydrogens (tertiary/aromatic N) is 1. The fourth-order valence-electron chi connectivity index (χ4n) is 2.93. The Morgan fingerprint density at radius 1 is 0.857 bits per heavy atom. The number of amides is 1. The van der Waals surface area contributed by atoms with E-state index in [9.17, 15) is 9.59 Å². The molecule has 0 saturated carbocycles. The zero-order chi connectivity index (χ0) is 25.0. The van der Waals surface area contributed by atoms with Crippen LogP contribution in [0, 0.1) is 0 Å². The first kappa shape index (κ1) is 26.0. The van der Waals surface area contributed by atoms with Gasteiger partial charge >= 0.3 is 5.97 Å². The number of hydrazone groups is 1. The second-order valence-corrected chi connectivity index (χ2v) is 8.43. The Kier molecular flexibility index (Phi) is 9.86. The highest BCUT2D eigenvalue weighted by molar-refractivity contribution is 9.10. The molecule has 8 heteroatoms. The molecule has 0 saturated heterocycles. The molecular formula is C27H27BrN2O5. The van der Waals surface area contributed by atoms with Crippen molar-refractivity contribution in [1.29, 1.82) is 0 Å². The number of nitrogens with one attached hydrogen (secondary N) is 1. The van der Waals surface area contributed by atoms with E-state index in [0.29, 0.717) is 47.2 Å². The lowest BCUT2D eigenvalue weighted by atomic mass is 10.2. The quantitative estimate of drug-likeness (QED) is 0.140. The van der Waals surface area contributed by atoms with Crippen LogP contribution in [0.15, 0.2) is 76.3 Å². The highest BCUT2D eigenvalue weighted by atomic mass is 79.9. The van der Waals surface area contributed by atoms with Crippen LogP contribution in [0.2, 0.25) is 0 Å². The number of benzene rings is 3. The molecular weight excluding hydrogens is 512 g/mol. The molecule has 182 valence electrons. The van der Waals surface area contributed by atoms with Gasteiger partial charge in [-0.05, 0) is 79.6 Å². The third-order valence-corrected chi connectivity index (χ3v) is 5.19. The van der Waals surface area contributed by atoms with E-state index in [1.54, 1.807) is 66.7 Å². The molecule has 0 aromatic heterocycles. The van der Waals surface area contributed by atoms with Gasteiger partial charge in [-0.3, -0.25) is 4.79 Å². The number of carbonyl (C=O) groups is 2. The van der Waals surface area contributed by atoms with Gasteiger partial charge in [0.05, 0.1) is 25.0 Å². The van der Waals surface area contributed by atoms with Gasteiger partial charge in [0.2, 0.25) is 0 Å². The summed E-state index contributed by atoms with van der Waals surface area (Å²) < 4.78 is 17.4. The number of rotatable bonds is 11. The third-order valence-electron chi connectivity index (χ3n) is 4.70. The lowest BCUT2D eigenvalue weighted by Crippen LogP contribution is -2.17. The Balaban J connectivity index is 1.64. The average Bonchev–Trinajstić information content (AvgIpc) is 2.88. The van der Waals surface area contributed by atoms with Crippen LogP contribution in [0.25, 0.3) is 0 Å². The maximum Gasteiger partial charge on any atom is 0.343 e. The first-order chi connectivity index (χ1) is 17.0. The number of esters is 1. The van der Waals surface area contributed by atoms with Gasteiger partial charge in [-0.1, -0.05) is 29.8 Å². The molecule has 0 atom stereocenters. The summed E-state index contributed by atoms with van der Waals surface area (Å²) in [5.41, 5.74) is 3.83. The van der Waals surface area contributed by atoms with E-state index >= 15 is 0 Å². The monoisotopic (exact) mass is 538 g/mol. The molecule has 0 bridgehead atoms. The van der Waals surface area contributed by atoms with Crippen LogP contribution in [0.1, 0.15) is 53.0 Å². The van der Waals surface area contributed by atoms with Gasteiger partial charge < -0.3 is 14.2 Å². The molecule has 3 aromatic carbocycles. The minimum atomic E-state index is -0.515. The predicted octanol–water partition coefficient (Wildman–Crippen LogP) is 6.01. The van der Waals surface area contributed by atoms with E-state index < -0.39 is 5.97 Å². The average molecular weight is 539 g/mol. The van der Waals surface area contributed by atoms with Gasteiger partial charge in [0.15, 0.2) is 0 Å². The SMILES string of the molecule is CCCOc1ccc(C(=O)N/N=C/c2cc(Br)ccc2OC(=O)c2ccc(OCCC)cc2)cc1. The number of halogens is 1. The van der Waals surface area contributed by atoms with Crippen molar-refractivity contribution in [2.75, 3.05) is 13.2 Å². The maximum atomic E-state index is 12.6. The summed E-state index contributed by atoms with van der Waals surface area (Å²) >= 11 is 3.40. The normalized spacial score (nSPS) is 10.7. The highest BCUT2D eigenvalue weighted by Crippen LogP contribution is 2.23. The minimum Gasteiger partial charge on any atom is -0.494 e. The van der Waals surface area contributed by atoms with Gasteiger partial charge in [-0.2, -0.15) is 5.10 Å². The lowest BCUT2D eigenvalue weighted by molar-refractivity contribution is 0.0734. The lowest BCUT2D eigenvalue weighted by Gasteiger charge is -2.09. The second kappa shape index (κ2) is 13.3. The van der Waals surface area contributed by atoms with Gasteiger partial charge in [-0.15, -0.1) is 0 Å². The fraction of sp³-hybridized carbons (Fsp3) is 0.222. The van der Waals surface area contributed by atoms with Crippen molar-refractivity contribution in [1.82, 2.24) is 5.43 Å². The maximum absolute atomic E-state index is 12.6. The Morgan fingerprint density at radius 2 is 1.43 bits per heavy atom. The summed E-state index contributed by atoms with van der Waals surface area (Å²) in [6.07, 6.45) is 3.23. The van der Waals surface area contributed by atoms with E-state index in [0.717, 1.165) is 17.3 Å². The molecule has 0 heterocycles. The largest absolute Gasteiger partial charge is 0.494 e. The topological polar surface area (TPSA) is 86.2 Å². The van der Waals surface area contributed by atoms with E-state index in [2.05, 4.69) is 26.5 Å². The van der Waals surface area contributed by atoms with Crippen molar-refractivity contribution in [2.24, 2.45) is 5.10 Å². The minimum absolute atomic E-state index is 0.305. The molecule has 0 radical (unpaired) electrons. The van der Waals surface area contributed by atoms with Crippen molar-refractivity contribution in [3.63, 3.8) is 0 Å². The van der Waals surface area contributed by atoms with Crippen LogP contribution in [-0.4, -0.2) is 31.3 Å². The second-order valence-electron chi connectivity index (χ2n) is 7.52. The summed E-state index contributed by atoms with van der Waals surface area (Å²) in [7, 11) is 0. The standard InChI is InChI=1S/C27H27BrN2O5/c1-3-15-33-23-10-5-19(6-11-23)26(31)30-29-18-21-17-22(28)9-14-25(21)35-27(32)20-7-12-24(13-8-20)34-16-4-2/h5-14,17-18H,3-4,15-16H2,1-2H3,(H,30,31)/b29-18+. The van der Waals surface area contributed by atoms with E-state index in [4.69, 9.17) is 14.2 Å². The van der Waals surface area contributed by atoms with Crippen molar-refractivity contribution in [3.8, 4) is 17.2 Å². The number of hydrogen-bond donors (Lipinski definition) is 1. The molecule has 3 aromatic rings. The molecule has 3 rings (SSSR count). The Bertz CT molecular complexity index is 1160. The molecule has 0 aliphatic rings. The number of hydrogen-bond acceptors (Lipinski definition) is 6. The zero-order valence-electron chi connectivity index (χ0n) is 19.6. The molecule has 35 heavy (non-hydrogen) atoms.